The number of nitrogens with one attached hydrogen (secondary N) is 1. The first-order valence-corrected chi connectivity index (χ1v) is 8.13. The van der Waals surface area contributed by atoms with Crippen molar-refractivity contribution in [2.45, 2.75) is 6.10 Å². The lowest BCUT2D eigenvalue weighted by atomic mass is 10.3. The average Bonchev–Trinajstić information content (AvgIpc) is 2.47. The van der Waals surface area contributed by atoms with Crippen molar-refractivity contribution < 1.29 is 9.84 Å². The maximum absolute atomic E-state index is 9.92. The van der Waals surface area contributed by atoms with Gasteiger partial charge >= 0.3 is 0 Å². The highest BCUT2D eigenvalue weighted by molar-refractivity contribution is 14.1. The van der Waals surface area contributed by atoms with E-state index in [9.17, 15) is 5.11 Å². The van der Waals surface area contributed by atoms with Crippen LogP contribution in [0.15, 0.2) is 42.5 Å². The first-order chi connectivity index (χ1) is 10.0. The second kappa shape index (κ2) is 8.08. The number of ether oxygens (including phenoxy) is 1. The molecule has 21 heavy (non-hydrogen) atoms. The molecule has 0 aliphatic rings. The van der Waals surface area contributed by atoms with Crippen molar-refractivity contribution >= 4 is 51.5 Å². The van der Waals surface area contributed by atoms with E-state index in [1.54, 1.807) is 18.2 Å². The summed E-state index contributed by atoms with van der Waals surface area (Å²) in [5, 5.41) is 14.1. The highest BCUT2D eigenvalue weighted by atomic mass is 127. The fourth-order valence-electron chi connectivity index (χ4n) is 1.64. The van der Waals surface area contributed by atoms with Gasteiger partial charge in [0.05, 0.1) is 5.02 Å². The lowest BCUT2D eigenvalue weighted by molar-refractivity contribution is 0.117. The van der Waals surface area contributed by atoms with Crippen LogP contribution in [0.5, 0.6) is 5.75 Å². The molecule has 0 saturated carbocycles. The molecule has 2 aromatic carbocycles. The van der Waals surface area contributed by atoms with Gasteiger partial charge in [-0.15, -0.1) is 0 Å². The molecule has 0 saturated heterocycles. The lowest BCUT2D eigenvalue weighted by Crippen LogP contribution is -2.26. The van der Waals surface area contributed by atoms with E-state index in [0.717, 1.165) is 9.26 Å². The van der Waals surface area contributed by atoms with E-state index in [1.165, 1.54) is 0 Å². The van der Waals surface area contributed by atoms with E-state index in [4.69, 9.17) is 27.9 Å². The van der Waals surface area contributed by atoms with Crippen molar-refractivity contribution in [1.29, 1.82) is 0 Å². The highest BCUT2D eigenvalue weighted by Crippen LogP contribution is 2.27. The van der Waals surface area contributed by atoms with Gasteiger partial charge in [0, 0.05) is 26.9 Å². The zero-order valence-electron chi connectivity index (χ0n) is 11.0. The maximum Gasteiger partial charge on any atom is 0.139 e. The summed E-state index contributed by atoms with van der Waals surface area (Å²) < 4.78 is 6.64. The molecule has 2 rings (SSSR count). The van der Waals surface area contributed by atoms with Crippen LogP contribution in [0.25, 0.3) is 0 Å². The lowest BCUT2D eigenvalue weighted by Gasteiger charge is -2.15. The van der Waals surface area contributed by atoms with Gasteiger partial charge in [-0.1, -0.05) is 23.2 Å². The number of anilines is 1. The molecule has 0 bridgehead atoms. The second-order valence-corrected chi connectivity index (χ2v) is 6.52. The summed E-state index contributed by atoms with van der Waals surface area (Å²) in [6.07, 6.45) is -0.653. The van der Waals surface area contributed by atoms with Crippen molar-refractivity contribution in [3.63, 3.8) is 0 Å². The normalized spacial score (nSPS) is 12.0. The summed E-state index contributed by atoms with van der Waals surface area (Å²) in [5.74, 6) is 0.470. The standard InChI is InChI=1S/C15H14Cl2INO2/c16-10-1-6-14(17)15(7-10)21-9-13(20)8-19-12-4-2-11(18)3-5-12/h1-7,13,19-20H,8-9H2. The zero-order chi connectivity index (χ0) is 15.2. The molecule has 1 unspecified atom stereocenters. The number of benzene rings is 2. The van der Waals surface area contributed by atoms with Crippen LogP contribution in [-0.2, 0) is 0 Å². The van der Waals surface area contributed by atoms with Crippen LogP contribution in [0.4, 0.5) is 5.69 Å². The van der Waals surface area contributed by atoms with Crippen LogP contribution in [0.2, 0.25) is 10.0 Å². The highest BCUT2D eigenvalue weighted by Gasteiger charge is 2.08. The zero-order valence-corrected chi connectivity index (χ0v) is 14.7. The Bertz CT molecular complexity index is 593. The molecule has 112 valence electrons. The van der Waals surface area contributed by atoms with Crippen molar-refractivity contribution in [2.75, 3.05) is 18.5 Å². The molecule has 0 aliphatic heterocycles. The third kappa shape index (κ3) is 5.54. The van der Waals surface area contributed by atoms with E-state index in [1.807, 2.05) is 24.3 Å². The van der Waals surface area contributed by atoms with Crippen LogP contribution < -0.4 is 10.1 Å². The molecule has 0 heterocycles. The summed E-state index contributed by atoms with van der Waals surface area (Å²) in [7, 11) is 0. The Morgan fingerprint density at radius 2 is 1.86 bits per heavy atom. The first kappa shape index (κ1) is 16.7. The Morgan fingerprint density at radius 3 is 2.57 bits per heavy atom. The number of aliphatic hydroxyl groups is 1. The van der Waals surface area contributed by atoms with Gasteiger partial charge in [0.1, 0.15) is 18.5 Å². The summed E-state index contributed by atoms with van der Waals surface area (Å²) in [6.45, 7) is 0.524. The third-order valence-corrected chi connectivity index (χ3v) is 3.98. The molecule has 2 N–H and O–H groups in total. The summed E-state index contributed by atoms with van der Waals surface area (Å²) in [4.78, 5) is 0. The molecule has 0 aromatic heterocycles. The molecule has 0 spiro atoms. The second-order valence-electron chi connectivity index (χ2n) is 4.43. The average molecular weight is 438 g/mol. The number of rotatable bonds is 6. The van der Waals surface area contributed by atoms with E-state index in [-0.39, 0.29) is 6.61 Å². The summed E-state index contributed by atoms with van der Waals surface area (Å²) >= 11 is 14.1. The SMILES string of the molecule is OC(CNc1ccc(I)cc1)COc1cc(Cl)ccc1Cl. The molecule has 0 fully saturated rings. The van der Waals surface area contributed by atoms with Gasteiger partial charge < -0.3 is 15.2 Å². The number of hydrogen-bond acceptors (Lipinski definition) is 3. The molecule has 0 radical (unpaired) electrons. The third-order valence-electron chi connectivity index (χ3n) is 2.71. The molecule has 0 amide bonds. The van der Waals surface area contributed by atoms with Crippen LogP contribution in [-0.4, -0.2) is 24.4 Å². The van der Waals surface area contributed by atoms with E-state index in [0.29, 0.717) is 22.3 Å². The van der Waals surface area contributed by atoms with E-state index in [2.05, 4.69) is 27.9 Å². The minimum absolute atomic E-state index is 0.136. The van der Waals surface area contributed by atoms with Gasteiger partial charge in [0.15, 0.2) is 0 Å². The number of aliphatic hydroxyl groups excluding tert-OH is 1. The van der Waals surface area contributed by atoms with E-state index >= 15 is 0 Å². The number of halogens is 3. The topological polar surface area (TPSA) is 41.5 Å². The predicted octanol–water partition coefficient (Wildman–Crippen LogP) is 4.45. The predicted molar refractivity (Wildman–Crippen MR) is 95.6 cm³/mol. The van der Waals surface area contributed by atoms with Crippen LogP contribution in [0.3, 0.4) is 0 Å². The molecule has 0 aliphatic carbocycles. The van der Waals surface area contributed by atoms with Crippen molar-refractivity contribution in [3.05, 3.63) is 56.1 Å². The Balaban J connectivity index is 1.80. The Labute approximate surface area is 147 Å². The molecule has 1 atom stereocenters. The minimum atomic E-state index is -0.653. The van der Waals surface area contributed by atoms with Crippen LogP contribution in [0, 0.1) is 3.57 Å². The molecule has 2 aromatic rings. The molecular formula is C15H14Cl2INO2. The number of hydrogen-bond donors (Lipinski definition) is 2. The largest absolute Gasteiger partial charge is 0.489 e. The van der Waals surface area contributed by atoms with Crippen molar-refractivity contribution in [1.82, 2.24) is 0 Å². The van der Waals surface area contributed by atoms with Gasteiger partial charge in [-0.05, 0) is 59.0 Å². The van der Waals surface area contributed by atoms with Crippen LogP contribution >= 0.6 is 45.8 Å². The van der Waals surface area contributed by atoms with Crippen molar-refractivity contribution in [2.24, 2.45) is 0 Å². The maximum atomic E-state index is 9.92. The molecular weight excluding hydrogens is 424 g/mol. The van der Waals surface area contributed by atoms with Gasteiger partial charge in [-0.25, -0.2) is 0 Å². The van der Waals surface area contributed by atoms with E-state index < -0.39 is 6.10 Å². The quantitative estimate of drug-likeness (QED) is 0.656. The molecule has 3 nitrogen and oxygen atoms in total. The monoisotopic (exact) mass is 437 g/mol. The Kier molecular flexibility index (Phi) is 6.41. The smallest absolute Gasteiger partial charge is 0.139 e. The van der Waals surface area contributed by atoms with Crippen LogP contribution in [0.1, 0.15) is 0 Å². The Hall–Kier alpha value is -0.690. The van der Waals surface area contributed by atoms with Crippen molar-refractivity contribution in [3.8, 4) is 5.75 Å². The fourth-order valence-corrected chi connectivity index (χ4v) is 2.33. The fraction of sp³-hybridized carbons (Fsp3) is 0.200. The van der Waals surface area contributed by atoms with Gasteiger partial charge in [0.2, 0.25) is 0 Å². The minimum Gasteiger partial charge on any atom is -0.489 e. The summed E-state index contributed by atoms with van der Waals surface area (Å²) in [5.41, 5.74) is 0.954. The first-order valence-electron chi connectivity index (χ1n) is 6.30. The van der Waals surface area contributed by atoms with Gasteiger partial charge in [0.25, 0.3) is 0 Å². The van der Waals surface area contributed by atoms with Gasteiger partial charge in [-0.3, -0.25) is 0 Å². The Morgan fingerprint density at radius 1 is 1.14 bits per heavy atom. The van der Waals surface area contributed by atoms with Gasteiger partial charge in [-0.2, -0.15) is 0 Å². The summed E-state index contributed by atoms with van der Waals surface area (Å²) in [6, 6.07) is 12.9. The molecule has 6 heteroatoms.